The molecule has 2 aromatic rings. The number of nitrogens with zero attached hydrogens (tertiary/aromatic N) is 3. The maximum Gasteiger partial charge on any atom is 0.257 e. The third-order valence-corrected chi connectivity index (χ3v) is 3.70. The van der Waals surface area contributed by atoms with Crippen LogP contribution in [-0.2, 0) is 6.61 Å². The van der Waals surface area contributed by atoms with E-state index in [1.807, 2.05) is 17.0 Å². The van der Waals surface area contributed by atoms with Gasteiger partial charge in [0.1, 0.15) is 5.75 Å². The van der Waals surface area contributed by atoms with Gasteiger partial charge in [0.05, 0.1) is 5.56 Å². The lowest BCUT2D eigenvalue weighted by Gasteiger charge is -2.32. The molecule has 7 heteroatoms. The number of para-hydroxylation sites is 1. The molecule has 1 amide bonds. The van der Waals surface area contributed by atoms with Crippen LogP contribution in [0, 0.1) is 6.92 Å². The number of rotatable bonds is 4. The van der Waals surface area contributed by atoms with Crippen molar-refractivity contribution in [2.75, 3.05) is 19.6 Å². The normalized spacial score (nSPS) is 18.0. The highest BCUT2D eigenvalue weighted by Gasteiger charge is 2.24. The monoisotopic (exact) mass is 316 g/mol. The van der Waals surface area contributed by atoms with Gasteiger partial charge in [-0.2, -0.15) is 4.98 Å². The lowest BCUT2D eigenvalue weighted by Crippen LogP contribution is -2.51. The molecule has 1 aliphatic heterocycles. The van der Waals surface area contributed by atoms with Gasteiger partial charge in [-0.05, 0) is 19.1 Å². The molecule has 1 aliphatic rings. The highest BCUT2D eigenvalue weighted by molar-refractivity contribution is 5.97. The standard InChI is InChI=1S/C16H20N4O3/c1-11-9-20(8-7-17-11)16(21)13-5-3-4-6-14(13)22-10-15-18-12(2)23-19-15/h3-6,11,17H,7-10H2,1-2H3/t11-/m1/s1. The van der Waals surface area contributed by atoms with E-state index >= 15 is 0 Å². The Morgan fingerprint density at radius 1 is 1.48 bits per heavy atom. The Kier molecular flexibility index (Phi) is 4.57. The summed E-state index contributed by atoms with van der Waals surface area (Å²) in [6.07, 6.45) is 0. The van der Waals surface area contributed by atoms with Crippen LogP contribution in [0.4, 0.5) is 0 Å². The van der Waals surface area contributed by atoms with Gasteiger partial charge in [-0.15, -0.1) is 0 Å². The smallest absolute Gasteiger partial charge is 0.257 e. The average Bonchev–Trinajstić information content (AvgIpc) is 2.98. The van der Waals surface area contributed by atoms with E-state index in [2.05, 4.69) is 22.4 Å². The van der Waals surface area contributed by atoms with Crippen molar-refractivity contribution < 1.29 is 14.1 Å². The maximum atomic E-state index is 12.7. The number of carbonyl (C=O) groups excluding carboxylic acids is 1. The molecule has 1 fully saturated rings. The quantitative estimate of drug-likeness (QED) is 0.918. The number of aromatic nitrogens is 2. The maximum absolute atomic E-state index is 12.7. The van der Waals surface area contributed by atoms with Crippen molar-refractivity contribution in [1.82, 2.24) is 20.4 Å². The fourth-order valence-corrected chi connectivity index (χ4v) is 2.60. The summed E-state index contributed by atoms with van der Waals surface area (Å²) in [5.41, 5.74) is 0.557. The van der Waals surface area contributed by atoms with E-state index < -0.39 is 0 Å². The second-order valence-electron chi connectivity index (χ2n) is 5.62. The Balaban J connectivity index is 1.73. The summed E-state index contributed by atoms with van der Waals surface area (Å²) in [7, 11) is 0. The molecule has 7 nitrogen and oxygen atoms in total. The van der Waals surface area contributed by atoms with Gasteiger partial charge >= 0.3 is 0 Å². The molecule has 1 aromatic carbocycles. The van der Waals surface area contributed by atoms with Gasteiger partial charge in [0.25, 0.3) is 5.91 Å². The van der Waals surface area contributed by atoms with Gasteiger partial charge < -0.3 is 19.5 Å². The van der Waals surface area contributed by atoms with E-state index in [0.29, 0.717) is 42.2 Å². The third kappa shape index (κ3) is 3.68. The zero-order valence-corrected chi connectivity index (χ0v) is 13.3. The van der Waals surface area contributed by atoms with Crippen molar-refractivity contribution in [3.05, 3.63) is 41.5 Å². The molecule has 122 valence electrons. The number of aryl methyl sites for hydroxylation is 1. The van der Waals surface area contributed by atoms with Crippen LogP contribution in [0.5, 0.6) is 5.75 Å². The Labute approximate surface area is 134 Å². The minimum Gasteiger partial charge on any atom is -0.485 e. The van der Waals surface area contributed by atoms with Crippen molar-refractivity contribution in [2.24, 2.45) is 0 Å². The van der Waals surface area contributed by atoms with Crippen LogP contribution < -0.4 is 10.1 Å². The van der Waals surface area contributed by atoms with Crippen LogP contribution in [0.15, 0.2) is 28.8 Å². The van der Waals surface area contributed by atoms with Crippen molar-refractivity contribution in [3.63, 3.8) is 0 Å². The van der Waals surface area contributed by atoms with Gasteiger partial charge in [0, 0.05) is 32.6 Å². The van der Waals surface area contributed by atoms with Gasteiger partial charge in [0.15, 0.2) is 6.61 Å². The summed E-state index contributed by atoms with van der Waals surface area (Å²) >= 11 is 0. The number of nitrogens with one attached hydrogen (secondary N) is 1. The highest BCUT2D eigenvalue weighted by atomic mass is 16.5. The topological polar surface area (TPSA) is 80.5 Å². The molecule has 3 rings (SSSR count). The van der Waals surface area contributed by atoms with Gasteiger partial charge in [-0.25, -0.2) is 0 Å². The Bertz CT molecular complexity index is 685. The summed E-state index contributed by atoms with van der Waals surface area (Å²) in [5.74, 6) is 1.47. The summed E-state index contributed by atoms with van der Waals surface area (Å²) in [6.45, 7) is 6.15. The number of hydrogen-bond donors (Lipinski definition) is 1. The first-order valence-electron chi connectivity index (χ1n) is 7.67. The summed E-state index contributed by atoms with van der Waals surface area (Å²) < 4.78 is 10.6. The highest BCUT2D eigenvalue weighted by Crippen LogP contribution is 2.21. The molecule has 2 heterocycles. The number of carbonyl (C=O) groups is 1. The predicted octanol–water partition coefficient (Wildman–Crippen LogP) is 1.39. The number of ether oxygens (including phenoxy) is 1. The number of hydrogen-bond acceptors (Lipinski definition) is 6. The largest absolute Gasteiger partial charge is 0.485 e. The molecule has 0 unspecified atom stereocenters. The molecule has 0 bridgehead atoms. The van der Waals surface area contributed by atoms with Crippen molar-refractivity contribution in [1.29, 1.82) is 0 Å². The molecule has 1 atom stereocenters. The first-order chi connectivity index (χ1) is 11.1. The first kappa shape index (κ1) is 15.5. The van der Waals surface area contributed by atoms with E-state index in [9.17, 15) is 4.79 Å². The van der Waals surface area contributed by atoms with Crippen molar-refractivity contribution in [2.45, 2.75) is 26.5 Å². The zero-order valence-electron chi connectivity index (χ0n) is 13.3. The second kappa shape index (κ2) is 6.78. The lowest BCUT2D eigenvalue weighted by molar-refractivity contribution is 0.0704. The SMILES string of the molecule is Cc1nc(COc2ccccc2C(=O)N2CCN[C@H](C)C2)no1. The Morgan fingerprint density at radius 2 is 2.30 bits per heavy atom. The summed E-state index contributed by atoms with van der Waals surface area (Å²) in [5, 5.41) is 7.12. The van der Waals surface area contributed by atoms with Crippen LogP contribution in [0.25, 0.3) is 0 Å². The average molecular weight is 316 g/mol. The molecular formula is C16H20N4O3. The van der Waals surface area contributed by atoms with E-state index in [0.717, 1.165) is 6.54 Å². The molecule has 0 aliphatic carbocycles. The second-order valence-corrected chi connectivity index (χ2v) is 5.62. The molecule has 1 aromatic heterocycles. The fraction of sp³-hybridized carbons (Fsp3) is 0.438. The number of benzene rings is 1. The number of piperazine rings is 1. The van der Waals surface area contributed by atoms with Gasteiger partial charge in [0.2, 0.25) is 11.7 Å². The molecule has 0 saturated carbocycles. The zero-order chi connectivity index (χ0) is 16.2. The summed E-state index contributed by atoms with van der Waals surface area (Å²) in [6, 6.07) is 7.54. The van der Waals surface area contributed by atoms with E-state index in [1.165, 1.54) is 0 Å². The molecule has 1 saturated heterocycles. The van der Waals surface area contributed by atoms with Crippen LogP contribution in [-0.4, -0.2) is 46.6 Å². The van der Waals surface area contributed by atoms with E-state index in [-0.39, 0.29) is 12.5 Å². The summed E-state index contributed by atoms with van der Waals surface area (Å²) in [4.78, 5) is 18.7. The van der Waals surface area contributed by atoms with Crippen LogP contribution in [0.1, 0.15) is 29.0 Å². The van der Waals surface area contributed by atoms with E-state index in [4.69, 9.17) is 9.26 Å². The Morgan fingerprint density at radius 3 is 3.04 bits per heavy atom. The molecule has 1 N–H and O–H groups in total. The molecular weight excluding hydrogens is 296 g/mol. The van der Waals surface area contributed by atoms with Crippen LogP contribution >= 0.6 is 0 Å². The minimum atomic E-state index is -0.0155. The third-order valence-electron chi connectivity index (χ3n) is 3.70. The lowest BCUT2D eigenvalue weighted by atomic mass is 10.1. The van der Waals surface area contributed by atoms with Gasteiger partial charge in [-0.1, -0.05) is 17.3 Å². The number of amides is 1. The molecule has 23 heavy (non-hydrogen) atoms. The first-order valence-corrected chi connectivity index (χ1v) is 7.67. The van der Waals surface area contributed by atoms with E-state index in [1.54, 1.807) is 19.1 Å². The predicted molar refractivity (Wildman–Crippen MR) is 83.2 cm³/mol. The Hall–Kier alpha value is -2.41. The van der Waals surface area contributed by atoms with Crippen LogP contribution in [0.3, 0.4) is 0 Å². The van der Waals surface area contributed by atoms with Crippen LogP contribution in [0.2, 0.25) is 0 Å². The van der Waals surface area contributed by atoms with Crippen molar-refractivity contribution in [3.8, 4) is 5.75 Å². The molecule has 0 spiro atoms. The van der Waals surface area contributed by atoms with Gasteiger partial charge in [-0.3, -0.25) is 4.79 Å². The molecule has 0 radical (unpaired) electrons. The minimum absolute atomic E-state index is 0.0155. The fourth-order valence-electron chi connectivity index (χ4n) is 2.60. The van der Waals surface area contributed by atoms with Crippen molar-refractivity contribution >= 4 is 5.91 Å².